The number of nitrogens with one attached hydrogen (secondary N) is 1. The second-order valence-electron chi connectivity index (χ2n) is 5.17. The van der Waals surface area contributed by atoms with Crippen LogP contribution in [0, 0.1) is 18.2 Å². The zero-order valence-corrected chi connectivity index (χ0v) is 11.1. The molecular weight excluding hydrogens is 217 g/mol. The molecule has 0 atom stereocenters. The number of benzene rings is 1. The van der Waals surface area contributed by atoms with Crippen molar-refractivity contribution in [3.63, 3.8) is 0 Å². The van der Waals surface area contributed by atoms with Crippen LogP contribution in [0.4, 0.5) is 4.39 Å². The molecule has 0 bridgehead atoms. The van der Waals surface area contributed by atoms with Crippen LogP contribution in [-0.2, 0) is 0 Å². The number of hydrogen-bond donors (Lipinski definition) is 1. The predicted molar refractivity (Wildman–Crippen MR) is 69.0 cm³/mol. The molecule has 96 valence electrons. The van der Waals surface area contributed by atoms with Crippen molar-refractivity contribution in [3.8, 4) is 5.75 Å². The van der Waals surface area contributed by atoms with Gasteiger partial charge in [-0.25, -0.2) is 4.39 Å². The van der Waals surface area contributed by atoms with Crippen LogP contribution >= 0.6 is 0 Å². The molecule has 1 N–H and O–H groups in total. The molecular formula is C14H22FNO. The molecule has 0 fully saturated rings. The van der Waals surface area contributed by atoms with Gasteiger partial charge in [0.15, 0.2) is 11.6 Å². The van der Waals surface area contributed by atoms with E-state index in [0.29, 0.717) is 12.4 Å². The summed E-state index contributed by atoms with van der Waals surface area (Å²) in [5, 5.41) is 3.28. The molecule has 0 unspecified atom stereocenters. The second kappa shape index (κ2) is 6.01. The minimum atomic E-state index is -0.296. The van der Waals surface area contributed by atoms with Crippen molar-refractivity contribution in [1.82, 2.24) is 5.32 Å². The lowest BCUT2D eigenvalue weighted by Crippen LogP contribution is -2.34. The van der Waals surface area contributed by atoms with E-state index in [0.717, 1.165) is 18.7 Å². The van der Waals surface area contributed by atoms with Gasteiger partial charge < -0.3 is 10.1 Å². The highest BCUT2D eigenvalue weighted by Crippen LogP contribution is 2.22. The van der Waals surface area contributed by atoms with Crippen LogP contribution < -0.4 is 10.1 Å². The van der Waals surface area contributed by atoms with Crippen LogP contribution in [-0.4, -0.2) is 19.7 Å². The highest BCUT2D eigenvalue weighted by molar-refractivity contribution is 5.29. The summed E-state index contributed by atoms with van der Waals surface area (Å²) in [6, 6.07) is 4.92. The predicted octanol–water partition coefficient (Wildman–Crippen LogP) is 3.15. The van der Waals surface area contributed by atoms with Gasteiger partial charge in [-0.3, -0.25) is 0 Å². The van der Waals surface area contributed by atoms with E-state index in [9.17, 15) is 4.39 Å². The van der Waals surface area contributed by atoms with E-state index in [4.69, 9.17) is 4.74 Å². The summed E-state index contributed by atoms with van der Waals surface area (Å²) in [4.78, 5) is 0. The van der Waals surface area contributed by atoms with Crippen molar-refractivity contribution in [3.05, 3.63) is 29.6 Å². The van der Waals surface area contributed by atoms with E-state index in [1.807, 2.05) is 6.92 Å². The minimum absolute atomic E-state index is 0.00774. The molecule has 3 heteroatoms. The molecule has 1 rings (SSSR count). The van der Waals surface area contributed by atoms with E-state index < -0.39 is 0 Å². The van der Waals surface area contributed by atoms with Crippen LogP contribution in [0.25, 0.3) is 0 Å². The third-order valence-electron chi connectivity index (χ3n) is 2.56. The number of rotatable bonds is 6. The van der Waals surface area contributed by atoms with Crippen LogP contribution in [0.3, 0.4) is 0 Å². The fourth-order valence-corrected chi connectivity index (χ4v) is 1.51. The first-order valence-corrected chi connectivity index (χ1v) is 6.04. The van der Waals surface area contributed by atoms with E-state index in [1.54, 1.807) is 12.1 Å². The van der Waals surface area contributed by atoms with Crippen molar-refractivity contribution in [2.45, 2.75) is 27.7 Å². The maximum atomic E-state index is 13.5. The Labute approximate surface area is 103 Å². The first kappa shape index (κ1) is 14.0. The van der Waals surface area contributed by atoms with Gasteiger partial charge in [-0.1, -0.05) is 26.8 Å². The number of ether oxygens (including phenoxy) is 1. The Bertz CT molecular complexity index is 363. The molecule has 0 aliphatic heterocycles. The van der Waals surface area contributed by atoms with Crippen LogP contribution in [0.15, 0.2) is 18.2 Å². The SMILES string of the molecule is CCNCC(C)(C)COc1cc(C)ccc1F. The minimum Gasteiger partial charge on any atom is -0.490 e. The molecule has 0 aliphatic rings. The summed E-state index contributed by atoms with van der Waals surface area (Å²) >= 11 is 0. The maximum absolute atomic E-state index is 13.5. The highest BCUT2D eigenvalue weighted by atomic mass is 19.1. The number of hydrogen-bond acceptors (Lipinski definition) is 2. The van der Waals surface area contributed by atoms with Crippen molar-refractivity contribution >= 4 is 0 Å². The van der Waals surface area contributed by atoms with Gasteiger partial charge in [0.05, 0.1) is 6.61 Å². The Morgan fingerprint density at radius 3 is 2.71 bits per heavy atom. The van der Waals surface area contributed by atoms with Gasteiger partial charge in [-0.15, -0.1) is 0 Å². The zero-order valence-electron chi connectivity index (χ0n) is 11.1. The lowest BCUT2D eigenvalue weighted by molar-refractivity contribution is 0.171. The molecule has 0 spiro atoms. The van der Waals surface area contributed by atoms with Crippen molar-refractivity contribution < 1.29 is 9.13 Å². The molecule has 17 heavy (non-hydrogen) atoms. The topological polar surface area (TPSA) is 21.3 Å². The first-order chi connectivity index (χ1) is 7.94. The summed E-state index contributed by atoms with van der Waals surface area (Å²) < 4.78 is 19.0. The van der Waals surface area contributed by atoms with Gasteiger partial charge in [0.25, 0.3) is 0 Å². The molecule has 0 saturated heterocycles. The van der Waals surface area contributed by atoms with Gasteiger partial charge in [-0.2, -0.15) is 0 Å². The molecule has 1 aromatic carbocycles. The summed E-state index contributed by atoms with van der Waals surface area (Å²) in [5.41, 5.74) is 0.998. The lowest BCUT2D eigenvalue weighted by atomic mass is 9.95. The summed E-state index contributed by atoms with van der Waals surface area (Å²) in [7, 11) is 0. The van der Waals surface area contributed by atoms with Crippen LogP contribution in [0.5, 0.6) is 5.75 Å². The summed E-state index contributed by atoms with van der Waals surface area (Å²) in [5.74, 6) is 0.0458. The molecule has 0 aromatic heterocycles. The van der Waals surface area contributed by atoms with Gasteiger partial charge in [0.2, 0.25) is 0 Å². The molecule has 0 aliphatic carbocycles. The average molecular weight is 239 g/mol. The van der Waals surface area contributed by atoms with Gasteiger partial charge in [-0.05, 0) is 31.2 Å². The number of halogens is 1. The largest absolute Gasteiger partial charge is 0.490 e. The smallest absolute Gasteiger partial charge is 0.165 e. The molecule has 1 aromatic rings. The second-order valence-corrected chi connectivity index (χ2v) is 5.17. The normalized spacial score (nSPS) is 11.6. The molecule has 0 radical (unpaired) electrons. The van der Waals surface area contributed by atoms with E-state index in [1.165, 1.54) is 6.07 Å². The van der Waals surface area contributed by atoms with Gasteiger partial charge >= 0.3 is 0 Å². The Hall–Kier alpha value is -1.09. The van der Waals surface area contributed by atoms with Crippen LogP contribution in [0.2, 0.25) is 0 Å². The third-order valence-corrected chi connectivity index (χ3v) is 2.56. The Morgan fingerprint density at radius 1 is 1.35 bits per heavy atom. The molecule has 0 amide bonds. The van der Waals surface area contributed by atoms with Crippen molar-refractivity contribution in [1.29, 1.82) is 0 Å². The third kappa shape index (κ3) is 4.73. The van der Waals surface area contributed by atoms with Crippen LogP contribution in [0.1, 0.15) is 26.3 Å². The lowest BCUT2D eigenvalue weighted by Gasteiger charge is -2.25. The quantitative estimate of drug-likeness (QED) is 0.823. The van der Waals surface area contributed by atoms with Gasteiger partial charge in [0, 0.05) is 12.0 Å². The standard InChI is InChI=1S/C14H22FNO/c1-5-16-9-14(3,4)10-17-13-8-11(2)6-7-12(13)15/h6-8,16H,5,9-10H2,1-4H3. The summed E-state index contributed by atoms with van der Waals surface area (Å²) in [6.45, 7) is 10.5. The molecule has 0 saturated carbocycles. The number of aryl methyl sites for hydroxylation is 1. The summed E-state index contributed by atoms with van der Waals surface area (Å²) in [6.07, 6.45) is 0. The van der Waals surface area contributed by atoms with E-state index >= 15 is 0 Å². The molecule has 2 nitrogen and oxygen atoms in total. The van der Waals surface area contributed by atoms with Crippen molar-refractivity contribution in [2.24, 2.45) is 5.41 Å². The fourth-order valence-electron chi connectivity index (χ4n) is 1.51. The monoisotopic (exact) mass is 239 g/mol. The molecule has 0 heterocycles. The fraction of sp³-hybridized carbons (Fsp3) is 0.571. The van der Waals surface area contributed by atoms with E-state index in [-0.39, 0.29) is 11.2 Å². The average Bonchev–Trinajstić information content (AvgIpc) is 2.28. The Kier molecular flexibility index (Phi) is 4.94. The Morgan fingerprint density at radius 2 is 2.06 bits per heavy atom. The first-order valence-electron chi connectivity index (χ1n) is 6.04. The highest BCUT2D eigenvalue weighted by Gasteiger charge is 2.19. The zero-order chi connectivity index (χ0) is 12.9. The maximum Gasteiger partial charge on any atom is 0.165 e. The van der Waals surface area contributed by atoms with E-state index in [2.05, 4.69) is 26.1 Å². The van der Waals surface area contributed by atoms with Crippen molar-refractivity contribution in [2.75, 3.05) is 19.7 Å². The Balaban J connectivity index is 2.57. The van der Waals surface area contributed by atoms with Gasteiger partial charge in [0.1, 0.15) is 0 Å².